The van der Waals surface area contributed by atoms with Gasteiger partial charge in [-0.05, 0) is 41.5 Å². The Morgan fingerprint density at radius 2 is 1.13 bits per heavy atom. The highest BCUT2D eigenvalue weighted by molar-refractivity contribution is 6.01. The third-order valence-electron chi connectivity index (χ3n) is 7.34. The van der Waals surface area contributed by atoms with Crippen LogP contribution in [0, 0.1) is 0 Å². The molecule has 15 nitrogen and oxygen atoms in total. The van der Waals surface area contributed by atoms with Crippen molar-refractivity contribution in [3.8, 4) is 5.75 Å². The van der Waals surface area contributed by atoms with Gasteiger partial charge in [-0.15, -0.1) is 0 Å². The quantitative estimate of drug-likeness (QED) is 0.176. The zero-order valence-electron chi connectivity index (χ0n) is 25.2. The number of carboxylic acids is 4. The molecule has 1 heterocycles. The molecule has 0 saturated carbocycles. The SMILES string of the molecule is O=C(O)CN1CCN(CC(=O)O)CCN(CC(=O)O)C(c2ccc(NC(=O)/C=C/c3ccc(O)cc3)cc2)CN(CC(=O)O)CC1. The summed E-state index contributed by atoms with van der Waals surface area (Å²) in [6, 6.07) is 12.3. The largest absolute Gasteiger partial charge is 0.508 e. The summed E-state index contributed by atoms with van der Waals surface area (Å²) >= 11 is 0. The second kappa shape index (κ2) is 17.6. The Bertz CT molecular complexity index is 1380. The van der Waals surface area contributed by atoms with E-state index in [1.165, 1.54) is 18.2 Å². The van der Waals surface area contributed by atoms with E-state index in [0.29, 0.717) is 16.8 Å². The Labute approximate surface area is 265 Å². The van der Waals surface area contributed by atoms with Gasteiger partial charge in [0.15, 0.2) is 0 Å². The summed E-state index contributed by atoms with van der Waals surface area (Å²) in [6.07, 6.45) is 2.92. The van der Waals surface area contributed by atoms with Gasteiger partial charge in [0, 0.05) is 63.6 Å². The molecular weight excluding hydrogens is 602 g/mol. The Kier molecular flexibility index (Phi) is 13.6. The van der Waals surface area contributed by atoms with Crippen LogP contribution >= 0.6 is 0 Å². The lowest BCUT2D eigenvalue weighted by atomic mass is 10.0. The molecular formula is C31H39N5O10. The molecule has 2 aromatic rings. The van der Waals surface area contributed by atoms with Gasteiger partial charge in [-0.25, -0.2) is 0 Å². The molecule has 15 heteroatoms. The number of hydrogen-bond donors (Lipinski definition) is 6. The van der Waals surface area contributed by atoms with Gasteiger partial charge in [0.1, 0.15) is 5.75 Å². The maximum Gasteiger partial charge on any atom is 0.317 e. The number of amides is 1. The van der Waals surface area contributed by atoms with Gasteiger partial charge < -0.3 is 30.8 Å². The summed E-state index contributed by atoms with van der Waals surface area (Å²) in [5.74, 6) is -4.68. The topological polar surface area (TPSA) is 211 Å². The lowest BCUT2D eigenvalue weighted by Gasteiger charge is -2.37. The van der Waals surface area contributed by atoms with Crippen molar-refractivity contribution in [2.45, 2.75) is 6.04 Å². The summed E-state index contributed by atoms with van der Waals surface area (Å²) in [4.78, 5) is 65.8. The number of aromatic hydroxyl groups is 1. The molecule has 1 saturated heterocycles. The Balaban J connectivity index is 1.89. The van der Waals surface area contributed by atoms with Crippen molar-refractivity contribution < 1.29 is 49.5 Å². The van der Waals surface area contributed by atoms with Crippen LogP contribution in [0.25, 0.3) is 6.08 Å². The van der Waals surface area contributed by atoms with Crippen molar-refractivity contribution >= 4 is 41.5 Å². The molecule has 3 rings (SSSR count). The number of nitrogens with one attached hydrogen (secondary N) is 1. The van der Waals surface area contributed by atoms with E-state index in [0.717, 1.165) is 0 Å². The third kappa shape index (κ3) is 12.6. The van der Waals surface area contributed by atoms with E-state index in [9.17, 15) is 49.5 Å². The van der Waals surface area contributed by atoms with Gasteiger partial charge in [0.05, 0.1) is 26.2 Å². The summed E-state index contributed by atoms with van der Waals surface area (Å²) < 4.78 is 0. The highest BCUT2D eigenvalue weighted by Gasteiger charge is 2.28. The molecule has 1 atom stereocenters. The number of anilines is 1. The molecule has 2 aromatic carbocycles. The maximum atomic E-state index is 12.5. The van der Waals surface area contributed by atoms with Crippen LogP contribution in [-0.4, -0.2) is 147 Å². The van der Waals surface area contributed by atoms with Crippen molar-refractivity contribution in [2.24, 2.45) is 0 Å². The van der Waals surface area contributed by atoms with Gasteiger partial charge in [-0.1, -0.05) is 24.3 Å². The van der Waals surface area contributed by atoms with E-state index in [1.54, 1.807) is 62.1 Å². The first-order valence-electron chi connectivity index (χ1n) is 14.5. The molecule has 0 aliphatic carbocycles. The summed E-state index contributed by atoms with van der Waals surface area (Å²) in [5, 5.41) is 50.4. The van der Waals surface area contributed by atoms with Gasteiger partial charge in [-0.2, -0.15) is 0 Å². The Hall–Kier alpha value is -4.83. The van der Waals surface area contributed by atoms with Crippen molar-refractivity contribution in [1.29, 1.82) is 0 Å². The van der Waals surface area contributed by atoms with E-state index in [1.807, 2.05) is 0 Å². The number of phenolic OH excluding ortho intramolecular Hbond substituents is 1. The number of aliphatic carboxylic acids is 4. The smallest absolute Gasteiger partial charge is 0.317 e. The summed E-state index contributed by atoms with van der Waals surface area (Å²) in [5.41, 5.74) is 1.81. The van der Waals surface area contributed by atoms with Crippen molar-refractivity contribution in [1.82, 2.24) is 19.6 Å². The van der Waals surface area contributed by atoms with Gasteiger partial charge in [0.2, 0.25) is 5.91 Å². The van der Waals surface area contributed by atoms with Gasteiger partial charge in [-0.3, -0.25) is 43.6 Å². The highest BCUT2D eigenvalue weighted by Crippen LogP contribution is 2.25. The minimum atomic E-state index is -1.12. The minimum Gasteiger partial charge on any atom is -0.508 e. The molecule has 1 fully saturated rings. The van der Waals surface area contributed by atoms with E-state index < -0.39 is 42.4 Å². The molecule has 0 radical (unpaired) electrons. The predicted octanol–water partition coefficient (Wildman–Crippen LogP) is 0.645. The highest BCUT2D eigenvalue weighted by atomic mass is 16.4. The fraction of sp³-hybridized carbons (Fsp3) is 0.387. The first-order valence-corrected chi connectivity index (χ1v) is 14.5. The lowest BCUT2D eigenvalue weighted by molar-refractivity contribution is -0.142. The molecule has 0 aromatic heterocycles. The summed E-state index contributed by atoms with van der Waals surface area (Å²) in [6.45, 7) is -0.251. The van der Waals surface area contributed by atoms with Crippen molar-refractivity contribution in [2.75, 3.05) is 77.3 Å². The van der Waals surface area contributed by atoms with Crippen LogP contribution < -0.4 is 5.32 Å². The van der Waals surface area contributed by atoms with E-state index >= 15 is 0 Å². The normalized spacial score (nSPS) is 18.0. The summed E-state index contributed by atoms with van der Waals surface area (Å²) in [7, 11) is 0. The van der Waals surface area contributed by atoms with Crippen LogP contribution in [-0.2, 0) is 24.0 Å². The van der Waals surface area contributed by atoms with Crippen LogP contribution in [0.2, 0.25) is 0 Å². The minimum absolute atomic E-state index is 0.0838. The number of phenols is 1. The molecule has 1 aliphatic rings. The standard InChI is InChI=1S/C31H39N5O10/c37-25-8-1-22(2-9-25)3-10-27(38)32-24-6-4-23(5-7-24)26-17-35(20-30(43)44)14-13-33(18-28(39)40)11-12-34(19-29(41)42)15-16-36(26)21-31(45)46/h1-10,26,37H,11-21H2,(H,32,38)(H,39,40)(H,41,42)(H,43,44)(H,45,46)/b10-3+. The third-order valence-corrected chi connectivity index (χ3v) is 7.34. The average molecular weight is 642 g/mol. The van der Waals surface area contributed by atoms with Gasteiger partial charge >= 0.3 is 23.9 Å². The van der Waals surface area contributed by atoms with Crippen molar-refractivity contribution in [3.63, 3.8) is 0 Å². The molecule has 1 aliphatic heterocycles. The van der Waals surface area contributed by atoms with Crippen LogP contribution in [0.5, 0.6) is 5.75 Å². The fourth-order valence-corrected chi connectivity index (χ4v) is 5.11. The first kappa shape index (κ1) is 35.6. The number of nitrogens with zero attached hydrogens (tertiary/aromatic N) is 4. The zero-order chi connectivity index (χ0) is 33.6. The van der Waals surface area contributed by atoms with Crippen LogP contribution in [0.3, 0.4) is 0 Å². The van der Waals surface area contributed by atoms with E-state index in [2.05, 4.69) is 5.32 Å². The first-order chi connectivity index (χ1) is 21.9. The lowest BCUT2D eigenvalue weighted by Crippen LogP contribution is -2.50. The molecule has 1 amide bonds. The number of rotatable bonds is 12. The van der Waals surface area contributed by atoms with Crippen LogP contribution in [0.1, 0.15) is 17.2 Å². The van der Waals surface area contributed by atoms with Crippen LogP contribution in [0.4, 0.5) is 5.69 Å². The Morgan fingerprint density at radius 1 is 0.652 bits per heavy atom. The van der Waals surface area contributed by atoms with E-state index in [4.69, 9.17) is 0 Å². The molecule has 0 bridgehead atoms. The Morgan fingerprint density at radius 3 is 1.65 bits per heavy atom. The number of benzene rings is 2. The predicted molar refractivity (Wildman–Crippen MR) is 166 cm³/mol. The zero-order valence-corrected chi connectivity index (χ0v) is 25.2. The molecule has 46 heavy (non-hydrogen) atoms. The second-order valence-corrected chi connectivity index (χ2v) is 10.9. The molecule has 248 valence electrons. The molecule has 1 unspecified atom stereocenters. The molecule has 0 spiro atoms. The van der Waals surface area contributed by atoms with E-state index in [-0.39, 0.29) is 71.2 Å². The average Bonchev–Trinajstić information content (AvgIpc) is 2.97. The van der Waals surface area contributed by atoms with Crippen LogP contribution in [0.15, 0.2) is 54.6 Å². The number of hydrogen-bond acceptors (Lipinski definition) is 10. The number of carboxylic acid groups (broad SMARTS) is 4. The van der Waals surface area contributed by atoms with Gasteiger partial charge in [0.25, 0.3) is 0 Å². The fourth-order valence-electron chi connectivity index (χ4n) is 5.11. The molecule has 6 N–H and O–H groups in total. The van der Waals surface area contributed by atoms with Crippen molar-refractivity contribution in [3.05, 3.63) is 65.7 Å². The number of carbonyl (C=O) groups excluding carboxylic acids is 1. The monoisotopic (exact) mass is 641 g/mol. The number of carbonyl (C=O) groups is 5. The maximum absolute atomic E-state index is 12.5. The second-order valence-electron chi connectivity index (χ2n) is 10.9.